The molecule has 21 heavy (non-hydrogen) atoms. The largest absolute Gasteiger partial charge is 0.395 e. The van der Waals surface area contributed by atoms with Gasteiger partial charge in [-0.2, -0.15) is 0 Å². The Kier molecular flexibility index (Phi) is 8.23. The van der Waals surface area contributed by atoms with E-state index < -0.39 is 0 Å². The van der Waals surface area contributed by atoms with Crippen molar-refractivity contribution in [3.8, 4) is 11.8 Å². The highest BCUT2D eigenvalue weighted by molar-refractivity contribution is 5.90. The molecular weight excluding hydrogens is 262 g/mol. The average molecular weight is 287 g/mol. The zero-order valence-corrected chi connectivity index (χ0v) is 13.0. The maximum absolute atomic E-state index is 11.9. The van der Waals surface area contributed by atoms with Crippen molar-refractivity contribution < 1.29 is 9.90 Å². The van der Waals surface area contributed by atoms with Gasteiger partial charge in [0, 0.05) is 24.1 Å². The van der Waals surface area contributed by atoms with Crippen molar-refractivity contribution in [3.05, 3.63) is 29.3 Å². The SMILES string of the molecule is CCCCCCC(=O)Nc1ccc(C)c(C#CCCO)c1. The highest BCUT2D eigenvalue weighted by Crippen LogP contribution is 2.15. The second kappa shape index (κ2) is 10.0. The maximum atomic E-state index is 11.9. The Bertz CT molecular complexity index is 512. The van der Waals surface area contributed by atoms with Crippen LogP contribution in [0.1, 0.15) is 56.6 Å². The lowest BCUT2D eigenvalue weighted by molar-refractivity contribution is -0.116. The van der Waals surface area contributed by atoms with Gasteiger partial charge in [-0.05, 0) is 31.0 Å². The summed E-state index contributed by atoms with van der Waals surface area (Å²) in [7, 11) is 0. The number of benzene rings is 1. The van der Waals surface area contributed by atoms with Crippen LogP contribution in [0.4, 0.5) is 5.69 Å². The number of rotatable bonds is 7. The van der Waals surface area contributed by atoms with Crippen molar-refractivity contribution in [2.75, 3.05) is 11.9 Å². The smallest absolute Gasteiger partial charge is 0.224 e. The number of hydrogen-bond donors (Lipinski definition) is 2. The van der Waals surface area contributed by atoms with Crippen molar-refractivity contribution in [2.45, 2.75) is 52.4 Å². The Morgan fingerprint density at radius 3 is 2.81 bits per heavy atom. The minimum absolute atomic E-state index is 0.0595. The summed E-state index contributed by atoms with van der Waals surface area (Å²) in [5, 5.41) is 11.7. The lowest BCUT2D eigenvalue weighted by Crippen LogP contribution is -2.11. The van der Waals surface area contributed by atoms with Crippen LogP contribution in [-0.2, 0) is 4.79 Å². The summed E-state index contributed by atoms with van der Waals surface area (Å²) in [6, 6.07) is 5.75. The molecule has 0 aliphatic rings. The molecule has 0 aliphatic heterocycles. The maximum Gasteiger partial charge on any atom is 0.224 e. The zero-order valence-electron chi connectivity index (χ0n) is 13.0. The molecule has 0 saturated heterocycles. The summed E-state index contributed by atoms with van der Waals surface area (Å²) in [4.78, 5) is 11.9. The Morgan fingerprint density at radius 1 is 1.29 bits per heavy atom. The van der Waals surface area contributed by atoms with Crippen LogP contribution in [0.5, 0.6) is 0 Å². The molecule has 0 spiro atoms. The van der Waals surface area contributed by atoms with Crippen LogP contribution in [0.25, 0.3) is 0 Å². The van der Waals surface area contributed by atoms with Crippen LogP contribution in [0.3, 0.4) is 0 Å². The number of amides is 1. The van der Waals surface area contributed by atoms with Gasteiger partial charge >= 0.3 is 0 Å². The fourth-order valence-corrected chi connectivity index (χ4v) is 1.98. The first-order valence-electron chi connectivity index (χ1n) is 7.67. The predicted octanol–water partition coefficient (Wildman–Crippen LogP) is 3.64. The molecule has 1 rings (SSSR count). The van der Waals surface area contributed by atoms with Gasteiger partial charge in [0.05, 0.1) is 6.61 Å². The summed E-state index contributed by atoms with van der Waals surface area (Å²) in [5.41, 5.74) is 2.75. The number of unbranched alkanes of at least 4 members (excludes halogenated alkanes) is 3. The Hall–Kier alpha value is -1.79. The van der Waals surface area contributed by atoms with Crippen LogP contribution < -0.4 is 5.32 Å². The lowest BCUT2D eigenvalue weighted by atomic mass is 10.1. The summed E-state index contributed by atoms with van der Waals surface area (Å²) in [6.45, 7) is 4.21. The molecule has 0 aliphatic carbocycles. The minimum Gasteiger partial charge on any atom is -0.395 e. The summed E-state index contributed by atoms with van der Waals surface area (Å²) < 4.78 is 0. The third-order valence-corrected chi connectivity index (χ3v) is 3.24. The molecule has 1 aromatic rings. The first kappa shape index (κ1) is 17.3. The first-order valence-corrected chi connectivity index (χ1v) is 7.67. The van der Waals surface area contributed by atoms with Crippen LogP contribution in [0, 0.1) is 18.8 Å². The standard InChI is InChI=1S/C18H25NO2/c1-3-4-5-6-10-18(21)19-17-12-11-15(2)16(14-17)9-7-8-13-20/h11-12,14,20H,3-6,8,10,13H2,1-2H3,(H,19,21). The fourth-order valence-electron chi connectivity index (χ4n) is 1.98. The minimum atomic E-state index is 0.0595. The number of hydrogen-bond acceptors (Lipinski definition) is 2. The van der Waals surface area contributed by atoms with Gasteiger partial charge in [0.15, 0.2) is 0 Å². The number of aliphatic hydroxyl groups is 1. The van der Waals surface area contributed by atoms with E-state index in [1.54, 1.807) is 0 Å². The zero-order chi connectivity index (χ0) is 15.5. The van der Waals surface area contributed by atoms with E-state index >= 15 is 0 Å². The van der Waals surface area contributed by atoms with Crippen LogP contribution in [0.15, 0.2) is 18.2 Å². The van der Waals surface area contributed by atoms with Crippen LogP contribution >= 0.6 is 0 Å². The predicted molar refractivity (Wildman–Crippen MR) is 87.1 cm³/mol. The van der Waals surface area contributed by atoms with Gasteiger partial charge in [-0.15, -0.1) is 0 Å². The van der Waals surface area contributed by atoms with E-state index in [0.29, 0.717) is 12.8 Å². The van der Waals surface area contributed by atoms with Gasteiger partial charge in [0.25, 0.3) is 0 Å². The van der Waals surface area contributed by atoms with E-state index in [0.717, 1.165) is 29.7 Å². The van der Waals surface area contributed by atoms with Crippen molar-refractivity contribution in [3.63, 3.8) is 0 Å². The van der Waals surface area contributed by atoms with E-state index in [4.69, 9.17) is 5.11 Å². The van der Waals surface area contributed by atoms with Gasteiger partial charge in [0.1, 0.15) is 0 Å². The van der Waals surface area contributed by atoms with E-state index in [2.05, 4.69) is 24.1 Å². The molecule has 1 amide bonds. The number of aliphatic hydroxyl groups excluding tert-OH is 1. The third kappa shape index (κ3) is 6.97. The van der Waals surface area contributed by atoms with E-state index in [-0.39, 0.29) is 12.5 Å². The van der Waals surface area contributed by atoms with Gasteiger partial charge in [0.2, 0.25) is 5.91 Å². The first-order chi connectivity index (χ1) is 10.2. The van der Waals surface area contributed by atoms with Crippen molar-refractivity contribution in [1.82, 2.24) is 0 Å². The van der Waals surface area contributed by atoms with Crippen molar-refractivity contribution in [2.24, 2.45) is 0 Å². The fraction of sp³-hybridized carbons (Fsp3) is 0.500. The molecule has 0 radical (unpaired) electrons. The van der Waals surface area contributed by atoms with E-state index in [1.165, 1.54) is 12.8 Å². The number of anilines is 1. The van der Waals surface area contributed by atoms with Gasteiger partial charge in [-0.25, -0.2) is 0 Å². The molecule has 1 aromatic carbocycles. The molecule has 3 nitrogen and oxygen atoms in total. The van der Waals surface area contributed by atoms with Crippen LogP contribution in [0.2, 0.25) is 0 Å². The number of carbonyl (C=O) groups is 1. The molecule has 114 valence electrons. The Labute approximate surface area is 127 Å². The quantitative estimate of drug-likeness (QED) is 0.594. The summed E-state index contributed by atoms with van der Waals surface area (Å²) in [5.74, 6) is 5.99. The molecule has 2 N–H and O–H groups in total. The molecule has 0 atom stereocenters. The Morgan fingerprint density at radius 2 is 2.10 bits per heavy atom. The molecule has 0 heterocycles. The molecule has 0 bridgehead atoms. The van der Waals surface area contributed by atoms with E-state index in [9.17, 15) is 4.79 Å². The topological polar surface area (TPSA) is 49.3 Å². The number of carbonyl (C=O) groups excluding carboxylic acids is 1. The molecule has 0 fully saturated rings. The summed E-state index contributed by atoms with van der Waals surface area (Å²) in [6.07, 6.45) is 5.44. The van der Waals surface area contributed by atoms with Crippen LogP contribution in [-0.4, -0.2) is 17.6 Å². The monoisotopic (exact) mass is 287 g/mol. The number of nitrogens with one attached hydrogen (secondary N) is 1. The average Bonchev–Trinajstić information content (AvgIpc) is 2.47. The highest BCUT2D eigenvalue weighted by atomic mass is 16.2. The second-order valence-electron chi connectivity index (χ2n) is 5.16. The molecular formula is C18H25NO2. The van der Waals surface area contributed by atoms with Gasteiger partial charge < -0.3 is 10.4 Å². The van der Waals surface area contributed by atoms with E-state index in [1.807, 2.05) is 25.1 Å². The van der Waals surface area contributed by atoms with Gasteiger partial charge in [-0.1, -0.05) is 44.1 Å². The lowest BCUT2D eigenvalue weighted by Gasteiger charge is -2.07. The highest BCUT2D eigenvalue weighted by Gasteiger charge is 2.04. The second-order valence-corrected chi connectivity index (χ2v) is 5.16. The third-order valence-electron chi connectivity index (χ3n) is 3.24. The van der Waals surface area contributed by atoms with Gasteiger partial charge in [-0.3, -0.25) is 4.79 Å². The molecule has 0 saturated carbocycles. The molecule has 0 unspecified atom stereocenters. The normalized spacial score (nSPS) is 9.86. The summed E-state index contributed by atoms with van der Waals surface area (Å²) >= 11 is 0. The molecule has 0 aromatic heterocycles. The van der Waals surface area contributed by atoms with Crippen molar-refractivity contribution >= 4 is 11.6 Å². The Balaban J connectivity index is 2.57. The number of aryl methyl sites for hydroxylation is 1. The van der Waals surface area contributed by atoms with Crippen molar-refractivity contribution in [1.29, 1.82) is 0 Å². The molecule has 3 heteroatoms.